The standard InChI is InChI=1S/C20H23FN6O2.ClH/c1-27-8-7-13(23-20(28)24-14-4-6-18(29-2)22-11-14)10-17(27)19-25-15-5-3-12(21)9-16(15)26-19;/h3-6,9,11,13,17H,7-8,10H2,1-2H3,(H,25,26)(H2,23,24,28);1H/t13-,17-;/m1./s1. The van der Waals surface area contributed by atoms with Gasteiger partial charge in [-0.1, -0.05) is 0 Å². The lowest BCUT2D eigenvalue weighted by molar-refractivity contribution is 0.153. The van der Waals surface area contributed by atoms with Crippen LogP contribution in [0.2, 0.25) is 0 Å². The molecule has 0 unspecified atom stereocenters. The summed E-state index contributed by atoms with van der Waals surface area (Å²) >= 11 is 0. The highest BCUT2D eigenvalue weighted by molar-refractivity contribution is 5.89. The first-order chi connectivity index (χ1) is 14.0. The zero-order chi connectivity index (χ0) is 20.4. The quantitative estimate of drug-likeness (QED) is 0.584. The number of hydrogen-bond donors (Lipinski definition) is 3. The summed E-state index contributed by atoms with van der Waals surface area (Å²) in [5.41, 5.74) is 2.00. The van der Waals surface area contributed by atoms with Gasteiger partial charge in [-0.15, -0.1) is 12.4 Å². The van der Waals surface area contributed by atoms with Gasteiger partial charge in [-0.2, -0.15) is 0 Å². The Labute approximate surface area is 179 Å². The predicted octanol–water partition coefficient (Wildman–Crippen LogP) is 3.48. The highest BCUT2D eigenvalue weighted by Gasteiger charge is 2.30. The van der Waals surface area contributed by atoms with Gasteiger partial charge in [-0.3, -0.25) is 4.90 Å². The van der Waals surface area contributed by atoms with Crippen LogP contribution in [0.3, 0.4) is 0 Å². The number of halogens is 2. The maximum Gasteiger partial charge on any atom is 0.319 e. The number of fused-ring (bicyclic) bond motifs is 1. The number of urea groups is 1. The maximum absolute atomic E-state index is 13.5. The first-order valence-electron chi connectivity index (χ1n) is 9.45. The SMILES string of the molecule is COc1ccc(NC(=O)N[C@@H]2CCN(C)[C@@H](c3nc4ccc(F)cc4[nH]3)C2)cn1.Cl. The Morgan fingerprint density at radius 2 is 2.17 bits per heavy atom. The second kappa shape index (κ2) is 9.27. The smallest absolute Gasteiger partial charge is 0.319 e. The number of aromatic nitrogens is 3. The van der Waals surface area contributed by atoms with E-state index in [4.69, 9.17) is 4.74 Å². The van der Waals surface area contributed by atoms with Gasteiger partial charge in [-0.05, 0) is 44.2 Å². The van der Waals surface area contributed by atoms with Gasteiger partial charge in [0, 0.05) is 18.7 Å². The van der Waals surface area contributed by atoms with Gasteiger partial charge in [0.2, 0.25) is 5.88 Å². The number of pyridine rings is 1. The highest BCUT2D eigenvalue weighted by Crippen LogP contribution is 2.29. The Morgan fingerprint density at radius 3 is 2.90 bits per heavy atom. The zero-order valence-corrected chi connectivity index (χ0v) is 17.5. The van der Waals surface area contributed by atoms with Crippen molar-refractivity contribution < 1.29 is 13.9 Å². The third-order valence-electron chi connectivity index (χ3n) is 5.19. The average molecular weight is 435 g/mol. The topological polar surface area (TPSA) is 95.2 Å². The Kier molecular flexibility index (Phi) is 6.73. The predicted molar refractivity (Wildman–Crippen MR) is 115 cm³/mol. The number of aromatic amines is 1. The Balaban J connectivity index is 0.00000256. The molecular weight excluding hydrogens is 411 g/mol. The summed E-state index contributed by atoms with van der Waals surface area (Å²) in [6.45, 7) is 0.811. The van der Waals surface area contributed by atoms with Crippen molar-refractivity contribution in [2.75, 3.05) is 26.0 Å². The van der Waals surface area contributed by atoms with Gasteiger partial charge < -0.3 is 20.4 Å². The van der Waals surface area contributed by atoms with Crippen molar-refractivity contribution in [1.29, 1.82) is 0 Å². The van der Waals surface area contributed by atoms with Crippen LogP contribution >= 0.6 is 12.4 Å². The number of nitrogens with zero attached hydrogens (tertiary/aromatic N) is 3. The Hall–Kier alpha value is -2.91. The lowest BCUT2D eigenvalue weighted by atomic mass is 9.97. The lowest BCUT2D eigenvalue weighted by Gasteiger charge is -2.36. The summed E-state index contributed by atoms with van der Waals surface area (Å²) in [6, 6.07) is 7.65. The van der Waals surface area contributed by atoms with E-state index < -0.39 is 0 Å². The molecule has 1 aliphatic rings. The van der Waals surface area contributed by atoms with Crippen LogP contribution in [0.4, 0.5) is 14.9 Å². The number of hydrogen-bond acceptors (Lipinski definition) is 5. The van der Waals surface area contributed by atoms with Crippen LogP contribution in [0, 0.1) is 5.82 Å². The fourth-order valence-electron chi connectivity index (χ4n) is 3.62. The Bertz CT molecular complexity index is 1010. The highest BCUT2D eigenvalue weighted by atomic mass is 35.5. The number of nitrogens with one attached hydrogen (secondary N) is 3. The van der Waals surface area contributed by atoms with Gasteiger partial charge >= 0.3 is 6.03 Å². The molecule has 3 heterocycles. The van der Waals surface area contributed by atoms with E-state index in [1.54, 1.807) is 24.4 Å². The number of benzene rings is 1. The molecule has 8 nitrogen and oxygen atoms in total. The van der Waals surface area contributed by atoms with Crippen molar-refractivity contribution in [3.8, 4) is 5.88 Å². The molecule has 30 heavy (non-hydrogen) atoms. The van der Waals surface area contributed by atoms with E-state index in [9.17, 15) is 9.18 Å². The van der Waals surface area contributed by atoms with Crippen LogP contribution in [0.5, 0.6) is 5.88 Å². The van der Waals surface area contributed by atoms with Crippen LogP contribution in [0.1, 0.15) is 24.7 Å². The number of ether oxygens (including phenoxy) is 1. The van der Waals surface area contributed by atoms with Crippen LogP contribution in [-0.2, 0) is 0 Å². The summed E-state index contributed by atoms with van der Waals surface area (Å²) in [4.78, 5) is 26.5. The van der Waals surface area contributed by atoms with E-state index in [-0.39, 0.29) is 36.3 Å². The molecular formula is C20H24ClFN6O2. The molecule has 0 radical (unpaired) electrons. The molecule has 3 N–H and O–H groups in total. The first kappa shape index (κ1) is 21.8. The fraction of sp³-hybridized carbons (Fsp3) is 0.350. The third-order valence-corrected chi connectivity index (χ3v) is 5.19. The molecule has 2 aromatic heterocycles. The van der Waals surface area contributed by atoms with Crippen molar-refractivity contribution in [3.05, 3.63) is 48.2 Å². The normalized spacial score (nSPS) is 19.2. The van der Waals surface area contributed by atoms with Crippen LogP contribution < -0.4 is 15.4 Å². The van der Waals surface area contributed by atoms with Crippen molar-refractivity contribution in [3.63, 3.8) is 0 Å². The second-order valence-electron chi connectivity index (χ2n) is 7.19. The number of imidazole rings is 1. The number of amides is 2. The van der Waals surface area contributed by atoms with Gasteiger partial charge in [-0.25, -0.2) is 19.2 Å². The van der Waals surface area contributed by atoms with Crippen molar-refractivity contribution in [1.82, 2.24) is 25.2 Å². The summed E-state index contributed by atoms with van der Waals surface area (Å²) in [6.07, 6.45) is 3.08. The number of carbonyl (C=O) groups is 1. The molecule has 0 bridgehead atoms. The van der Waals surface area contributed by atoms with E-state index in [2.05, 4.69) is 30.5 Å². The number of piperidine rings is 1. The van der Waals surface area contributed by atoms with E-state index in [0.717, 1.165) is 24.3 Å². The number of H-pyrrole nitrogens is 1. The van der Waals surface area contributed by atoms with Crippen LogP contribution in [-0.4, -0.2) is 52.6 Å². The van der Waals surface area contributed by atoms with Crippen molar-refractivity contribution in [2.45, 2.75) is 24.9 Å². The number of carbonyl (C=O) groups excluding carboxylic acids is 1. The fourth-order valence-corrected chi connectivity index (χ4v) is 3.62. The summed E-state index contributed by atoms with van der Waals surface area (Å²) in [5, 5.41) is 5.81. The summed E-state index contributed by atoms with van der Waals surface area (Å²) < 4.78 is 18.5. The molecule has 1 aromatic carbocycles. The van der Waals surface area contributed by atoms with Crippen molar-refractivity contribution >= 4 is 35.2 Å². The molecule has 1 aliphatic heterocycles. The molecule has 160 valence electrons. The molecule has 3 aromatic rings. The van der Waals surface area contributed by atoms with E-state index in [1.165, 1.54) is 19.2 Å². The van der Waals surface area contributed by atoms with E-state index >= 15 is 0 Å². The molecule has 10 heteroatoms. The molecule has 0 spiro atoms. The first-order valence-corrected chi connectivity index (χ1v) is 9.45. The number of likely N-dealkylation sites (tertiary alicyclic amines) is 1. The number of methoxy groups -OCH3 is 1. The summed E-state index contributed by atoms with van der Waals surface area (Å²) in [5.74, 6) is 0.966. The number of anilines is 1. The maximum atomic E-state index is 13.5. The largest absolute Gasteiger partial charge is 0.481 e. The van der Waals surface area contributed by atoms with Crippen LogP contribution in [0.25, 0.3) is 11.0 Å². The van der Waals surface area contributed by atoms with Crippen molar-refractivity contribution in [2.24, 2.45) is 0 Å². The minimum atomic E-state index is -0.297. The minimum absolute atomic E-state index is 0. The van der Waals surface area contributed by atoms with Gasteiger partial charge in [0.1, 0.15) is 11.6 Å². The second-order valence-corrected chi connectivity index (χ2v) is 7.19. The average Bonchev–Trinajstić information content (AvgIpc) is 3.13. The molecule has 4 rings (SSSR count). The molecule has 0 saturated carbocycles. The van der Waals surface area contributed by atoms with Gasteiger partial charge in [0.05, 0.1) is 36.1 Å². The molecule has 1 fully saturated rings. The molecule has 1 saturated heterocycles. The van der Waals surface area contributed by atoms with Crippen LogP contribution in [0.15, 0.2) is 36.5 Å². The molecule has 2 amide bonds. The monoisotopic (exact) mass is 434 g/mol. The van der Waals surface area contributed by atoms with E-state index in [1.807, 2.05) is 7.05 Å². The Morgan fingerprint density at radius 1 is 1.33 bits per heavy atom. The summed E-state index contributed by atoms with van der Waals surface area (Å²) in [7, 11) is 3.56. The zero-order valence-electron chi connectivity index (χ0n) is 16.7. The minimum Gasteiger partial charge on any atom is -0.481 e. The molecule has 0 aliphatic carbocycles. The van der Waals surface area contributed by atoms with E-state index in [0.29, 0.717) is 23.5 Å². The lowest BCUT2D eigenvalue weighted by Crippen LogP contribution is -2.46. The number of rotatable bonds is 4. The third kappa shape index (κ3) is 4.80. The van der Waals surface area contributed by atoms with Gasteiger partial charge in [0.15, 0.2) is 0 Å². The molecule has 2 atom stereocenters. The van der Waals surface area contributed by atoms with Gasteiger partial charge in [0.25, 0.3) is 0 Å².